The highest BCUT2D eigenvalue weighted by molar-refractivity contribution is 7.80. The number of carbonyl (C=O) groups is 1. The van der Waals surface area contributed by atoms with Crippen molar-refractivity contribution in [2.75, 3.05) is 0 Å². The minimum Gasteiger partial charge on any atom is -0.328 e. The molecule has 1 heterocycles. The highest BCUT2D eigenvalue weighted by atomic mass is 35.5. The van der Waals surface area contributed by atoms with Gasteiger partial charge in [0.2, 0.25) is 0 Å². The summed E-state index contributed by atoms with van der Waals surface area (Å²) in [6.45, 7) is 0. The predicted molar refractivity (Wildman–Crippen MR) is 70.0 cm³/mol. The van der Waals surface area contributed by atoms with Crippen LogP contribution in [0.3, 0.4) is 0 Å². The van der Waals surface area contributed by atoms with E-state index in [0.717, 1.165) is 0 Å². The van der Waals surface area contributed by atoms with Crippen molar-refractivity contribution in [3.8, 4) is 0 Å². The third kappa shape index (κ3) is 2.47. The number of nitrogens with zero attached hydrogens (tertiary/aromatic N) is 1. The van der Waals surface area contributed by atoms with Crippen molar-refractivity contribution in [2.24, 2.45) is 0 Å². The van der Waals surface area contributed by atoms with E-state index in [1.165, 1.54) is 24.3 Å². The Bertz CT molecular complexity index is 600. The average molecular weight is 284 g/mol. The van der Waals surface area contributed by atoms with Crippen LogP contribution in [0.2, 0.25) is 5.02 Å². The molecular weight excluding hydrogens is 278 g/mol. The van der Waals surface area contributed by atoms with E-state index in [2.05, 4.69) is 10.6 Å². The van der Waals surface area contributed by atoms with Gasteiger partial charge >= 0.3 is 0 Å². The maximum atomic E-state index is 11.4. The number of nitrogens with one attached hydrogen (secondary N) is 2. The largest absolute Gasteiger partial charge is 0.328 e. The highest BCUT2D eigenvalue weighted by Crippen LogP contribution is 2.24. The molecule has 0 radical (unpaired) electrons. The van der Waals surface area contributed by atoms with Crippen LogP contribution in [0.5, 0.6) is 0 Å². The van der Waals surface area contributed by atoms with Crippen LogP contribution >= 0.6 is 23.8 Å². The maximum absolute atomic E-state index is 11.4. The molecule has 0 spiro atoms. The Morgan fingerprint density at radius 3 is 2.67 bits per heavy atom. The molecule has 0 aromatic heterocycles. The Kier molecular flexibility index (Phi) is 3.26. The van der Waals surface area contributed by atoms with Gasteiger partial charge in [0.15, 0.2) is 5.11 Å². The molecule has 1 amide bonds. The van der Waals surface area contributed by atoms with E-state index in [1.54, 1.807) is 0 Å². The van der Waals surface area contributed by atoms with E-state index in [4.69, 9.17) is 23.8 Å². The van der Waals surface area contributed by atoms with E-state index in [0.29, 0.717) is 10.6 Å². The molecule has 1 saturated heterocycles. The summed E-state index contributed by atoms with van der Waals surface area (Å²) >= 11 is 10.7. The summed E-state index contributed by atoms with van der Waals surface area (Å²) in [6.07, 6.45) is 1.41. The fourth-order valence-corrected chi connectivity index (χ4v) is 1.77. The Morgan fingerprint density at radius 1 is 1.39 bits per heavy atom. The summed E-state index contributed by atoms with van der Waals surface area (Å²) in [7, 11) is 0. The quantitative estimate of drug-likeness (QED) is 0.373. The van der Waals surface area contributed by atoms with Crippen LogP contribution in [0.25, 0.3) is 6.08 Å². The second kappa shape index (κ2) is 4.71. The van der Waals surface area contributed by atoms with Crippen molar-refractivity contribution in [3.63, 3.8) is 0 Å². The summed E-state index contributed by atoms with van der Waals surface area (Å²) in [5.74, 6) is -0.400. The van der Waals surface area contributed by atoms with Gasteiger partial charge in [0.05, 0.1) is 4.92 Å². The summed E-state index contributed by atoms with van der Waals surface area (Å²) in [5.41, 5.74) is 0.461. The van der Waals surface area contributed by atoms with E-state index >= 15 is 0 Å². The normalized spacial score (nSPS) is 16.6. The zero-order valence-electron chi connectivity index (χ0n) is 8.77. The lowest BCUT2D eigenvalue weighted by Gasteiger charge is -2.00. The van der Waals surface area contributed by atoms with Crippen LogP contribution in [-0.2, 0) is 4.79 Å². The zero-order chi connectivity index (χ0) is 13.3. The van der Waals surface area contributed by atoms with Crippen LogP contribution in [0, 0.1) is 10.1 Å². The van der Waals surface area contributed by atoms with Crippen molar-refractivity contribution in [1.82, 2.24) is 10.6 Å². The van der Waals surface area contributed by atoms with Crippen LogP contribution in [-0.4, -0.2) is 15.9 Å². The van der Waals surface area contributed by atoms with Crippen molar-refractivity contribution in [3.05, 3.63) is 44.6 Å². The van der Waals surface area contributed by atoms with E-state index in [-0.39, 0.29) is 16.5 Å². The van der Waals surface area contributed by atoms with Crippen molar-refractivity contribution in [1.29, 1.82) is 0 Å². The Labute approximate surface area is 112 Å². The van der Waals surface area contributed by atoms with E-state index < -0.39 is 10.8 Å². The number of nitro groups is 1. The molecular formula is C10H6ClN3O3S. The fourth-order valence-electron chi connectivity index (χ4n) is 1.39. The van der Waals surface area contributed by atoms with Gasteiger partial charge in [-0.05, 0) is 24.4 Å². The third-order valence-electron chi connectivity index (χ3n) is 2.21. The number of non-ortho nitro benzene ring substituents is 1. The topological polar surface area (TPSA) is 84.3 Å². The molecule has 8 heteroatoms. The maximum Gasteiger partial charge on any atom is 0.273 e. The molecule has 1 aromatic rings. The molecule has 6 nitrogen and oxygen atoms in total. The molecule has 1 aliphatic rings. The number of benzene rings is 1. The van der Waals surface area contributed by atoms with Gasteiger partial charge in [-0.1, -0.05) is 11.6 Å². The Balaban J connectivity index is 2.42. The minimum atomic E-state index is -0.537. The molecule has 92 valence electrons. The lowest BCUT2D eigenvalue weighted by molar-refractivity contribution is -0.384. The highest BCUT2D eigenvalue weighted by Gasteiger charge is 2.20. The molecule has 0 aliphatic carbocycles. The van der Waals surface area contributed by atoms with Gasteiger partial charge in [-0.3, -0.25) is 20.2 Å². The SMILES string of the molecule is O=C1NC(=S)N/C1=C\c1cc([N+](=O)[O-])ccc1Cl. The smallest absolute Gasteiger partial charge is 0.273 e. The minimum absolute atomic E-state index is 0.104. The second-order valence-electron chi connectivity index (χ2n) is 3.43. The fraction of sp³-hybridized carbons (Fsp3) is 0. The van der Waals surface area contributed by atoms with E-state index in [9.17, 15) is 14.9 Å². The lowest BCUT2D eigenvalue weighted by Crippen LogP contribution is -2.21. The Hall–Kier alpha value is -1.99. The predicted octanol–water partition coefficient (Wildman–Crippen LogP) is 1.59. The molecule has 1 fully saturated rings. The monoisotopic (exact) mass is 283 g/mol. The first-order valence-electron chi connectivity index (χ1n) is 4.75. The van der Waals surface area contributed by atoms with Crippen LogP contribution in [0.4, 0.5) is 5.69 Å². The van der Waals surface area contributed by atoms with Crippen molar-refractivity contribution in [2.45, 2.75) is 0 Å². The van der Waals surface area contributed by atoms with Gasteiger partial charge < -0.3 is 5.32 Å². The number of nitro benzene ring substituents is 1. The van der Waals surface area contributed by atoms with Crippen LogP contribution < -0.4 is 10.6 Å². The van der Waals surface area contributed by atoms with Gasteiger partial charge in [-0.15, -0.1) is 0 Å². The summed E-state index contributed by atoms with van der Waals surface area (Å²) in [4.78, 5) is 21.5. The number of carbonyl (C=O) groups excluding carboxylic acids is 1. The number of thiocarbonyl (C=S) groups is 1. The first kappa shape index (κ1) is 12.5. The van der Waals surface area contributed by atoms with Crippen LogP contribution in [0.1, 0.15) is 5.56 Å². The standard InChI is InChI=1S/C10H6ClN3O3S/c11-7-2-1-6(14(16)17)3-5(7)4-8-9(15)13-10(18)12-8/h1-4H,(H2,12,13,15,18)/b8-4-. The first-order chi connectivity index (χ1) is 8.47. The molecule has 2 N–H and O–H groups in total. The number of halogens is 1. The van der Waals surface area contributed by atoms with Gasteiger partial charge in [0, 0.05) is 22.7 Å². The first-order valence-corrected chi connectivity index (χ1v) is 5.54. The number of hydrogen-bond donors (Lipinski definition) is 2. The molecule has 0 bridgehead atoms. The average Bonchev–Trinajstić information content (AvgIpc) is 2.60. The van der Waals surface area contributed by atoms with E-state index in [1.807, 2.05) is 0 Å². The number of rotatable bonds is 2. The Morgan fingerprint density at radius 2 is 2.11 bits per heavy atom. The molecule has 1 aromatic carbocycles. The molecule has 0 unspecified atom stereocenters. The van der Waals surface area contributed by atoms with Gasteiger partial charge in [-0.2, -0.15) is 0 Å². The molecule has 0 saturated carbocycles. The zero-order valence-corrected chi connectivity index (χ0v) is 10.3. The van der Waals surface area contributed by atoms with Crippen LogP contribution in [0.15, 0.2) is 23.9 Å². The van der Waals surface area contributed by atoms with Crippen molar-refractivity contribution < 1.29 is 9.72 Å². The molecule has 1 aliphatic heterocycles. The lowest BCUT2D eigenvalue weighted by atomic mass is 10.1. The molecule has 0 atom stereocenters. The molecule has 2 rings (SSSR count). The summed E-state index contributed by atoms with van der Waals surface area (Å²) in [6, 6.07) is 3.97. The summed E-state index contributed by atoms with van der Waals surface area (Å²) < 4.78 is 0. The molecule has 18 heavy (non-hydrogen) atoms. The van der Waals surface area contributed by atoms with Crippen molar-refractivity contribution >= 4 is 46.6 Å². The van der Waals surface area contributed by atoms with Gasteiger partial charge in [0.1, 0.15) is 5.70 Å². The van der Waals surface area contributed by atoms with Gasteiger partial charge in [-0.25, -0.2) is 0 Å². The third-order valence-corrected chi connectivity index (χ3v) is 2.76. The summed E-state index contributed by atoms with van der Waals surface area (Å²) in [5, 5.41) is 16.1. The number of hydrogen-bond acceptors (Lipinski definition) is 4. The number of amides is 1. The van der Waals surface area contributed by atoms with Gasteiger partial charge in [0.25, 0.3) is 11.6 Å². The second-order valence-corrected chi connectivity index (χ2v) is 4.24.